The lowest BCUT2D eigenvalue weighted by Crippen LogP contribution is -2.05. The maximum atomic E-state index is 13.3. The topological polar surface area (TPSA) is 39.7 Å². The van der Waals surface area contributed by atoms with Crippen molar-refractivity contribution in [2.75, 3.05) is 19.5 Å². The Morgan fingerprint density at radius 1 is 0.862 bits per heavy atom. The minimum absolute atomic E-state index is 0.181. The van der Waals surface area contributed by atoms with E-state index in [0.717, 1.165) is 11.3 Å². The average molecular weight is 436 g/mol. The predicted octanol–water partition coefficient (Wildman–Crippen LogP) is 6.34. The second-order valence-electron chi connectivity index (χ2n) is 6.18. The zero-order valence-electron chi connectivity index (χ0n) is 16.0. The Morgan fingerprint density at radius 2 is 1.66 bits per heavy atom. The van der Waals surface area contributed by atoms with Crippen LogP contribution in [0.5, 0.6) is 17.2 Å². The summed E-state index contributed by atoms with van der Waals surface area (Å²) >= 11 is 12.3. The van der Waals surface area contributed by atoms with Crippen molar-refractivity contribution >= 4 is 28.9 Å². The largest absolute Gasteiger partial charge is 0.495 e. The third-order valence-corrected chi connectivity index (χ3v) is 4.95. The fraction of sp³-hybridized carbons (Fsp3) is 0.182. The van der Waals surface area contributed by atoms with Crippen LogP contribution in [0, 0.1) is 5.82 Å². The fourth-order valence-electron chi connectivity index (χ4n) is 2.79. The quantitative estimate of drug-likeness (QED) is 0.447. The lowest BCUT2D eigenvalue weighted by atomic mass is 10.1. The third kappa shape index (κ3) is 5.25. The molecule has 4 nitrogen and oxygen atoms in total. The number of hydrogen-bond acceptors (Lipinski definition) is 4. The molecule has 0 aliphatic heterocycles. The standard InChI is InChI=1S/C22H20Cl2FNO3/c1-27-20-9-8-17(11-19(20)24)26-12-14-4-3-5-21(28-2)22(14)29-13-15-6-7-16(25)10-18(15)23/h3-11,26H,12-13H2,1-2H3. The van der Waals surface area contributed by atoms with Crippen LogP contribution in [0.1, 0.15) is 11.1 Å². The predicted molar refractivity (Wildman–Crippen MR) is 114 cm³/mol. The normalized spacial score (nSPS) is 10.5. The molecule has 0 aromatic heterocycles. The maximum absolute atomic E-state index is 13.3. The van der Waals surface area contributed by atoms with Crippen molar-refractivity contribution in [3.05, 3.63) is 81.6 Å². The summed E-state index contributed by atoms with van der Waals surface area (Å²) in [4.78, 5) is 0. The molecule has 1 N–H and O–H groups in total. The molecule has 3 aromatic carbocycles. The number of rotatable bonds is 8. The van der Waals surface area contributed by atoms with Crippen molar-refractivity contribution in [3.63, 3.8) is 0 Å². The summed E-state index contributed by atoms with van der Waals surface area (Å²) in [6, 6.07) is 15.3. The molecule has 0 aliphatic carbocycles. The molecule has 3 rings (SSSR count). The minimum Gasteiger partial charge on any atom is -0.495 e. The van der Waals surface area contributed by atoms with Gasteiger partial charge in [0.2, 0.25) is 0 Å². The molecule has 0 atom stereocenters. The van der Waals surface area contributed by atoms with E-state index in [4.69, 9.17) is 37.4 Å². The van der Waals surface area contributed by atoms with E-state index < -0.39 is 0 Å². The van der Waals surface area contributed by atoms with Gasteiger partial charge >= 0.3 is 0 Å². The molecule has 0 fully saturated rings. The Hall–Kier alpha value is -2.63. The smallest absolute Gasteiger partial charge is 0.166 e. The first-order valence-corrected chi connectivity index (χ1v) is 9.57. The van der Waals surface area contributed by atoms with E-state index >= 15 is 0 Å². The second-order valence-corrected chi connectivity index (χ2v) is 6.99. The monoisotopic (exact) mass is 435 g/mol. The number of benzene rings is 3. The molecule has 3 aromatic rings. The molecule has 0 spiro atoms. The molecule has 152 valence electrons. The Labute approximate surface area is 179 Å². The van der Waals surface area contributed by atoms with Gasteiger partial charge in [-0.1, -0.05) is 41.4 Å². The van der Waals surface area contributed by atoms with Gasteiger partial charge in [-0.05, 0) is 36.4 Å². The first kappa shape index (κ1) is 21.1. The van der Waals surface area contributed by atoms with Crippen LogP contribution in [-0.4, -0.2) is 14.2 Å². The van der Waals surface area contributed by atoms with E-state index in [-0.39, 0.29) is 12.4 Å². The van der Waals surface area contributed by atoms with E-state index in [9.17, 15) is 4.39 Å². The van der Waals surface area contributed by atoms with Crippen LogP contribution in [0.15, 0.2) is 54.6 Å². The lowest BCUT2D eigenvalue weighted by molar-refractivity contribution is 0.281. The summed E-state index contributed by atoms with van der Waals surface area (Å²) in [5.41, 5.74) is 2.40. The Kier molecular flexibility index (Phi) is 7.07. The number of hydrogen-bond donors (Lipinski definition) is 1. The van der Waals surface area contributed by atoms with Gasteiger partial charge < -0.3 is 19.5 Å². The molecular weight excluding hydrogens is 416 g/mol. The van der Waals surface area contributed by atoms with Crippen molar-refractivity contribution in [3.8, 4) is 17.2 Å². The zero-order valence-corrected chi connectivity index (χ0v) is 17.5. The van der Waals surface area contributed by atoms with Crippen LogP contribution < -0.4 is 19.5 Å². The van der Waals surface area contributed by atoms with E-state index in [2.05, 4.69) is 5.32 Å². The highest BCUT2D eigenvalue weighted by Crippen LogP contribution is 2.34. The first-order chi connectivity index (χ1) is 14.0. The Balaban J connectivity index is 1.77. The van der Waals surface area contributed by atoms with Crippen molar-refractivity contribution in [2.45, 2.75) is 13.2 Å². The van der Waals surface area contributed by atoms with Crippen LogP contribution in [0.3, 0.4) is 0 Å². The van der Waals surface area contributed by atoms with Crippen LogP contribution in [-0.2, 0) is 13.2 Å². The number of anilines is 1. The molecule has 29 heavy (non-hydrogen) atoms. The zero-order chi connectivity index (χ0) is 20.8. The van der Waals surface area contributed by atoms with Gasteiger partial charge in [-0.2, -0.15) is 0 Å². The number of nitrogens with one attached hydrogen (secondary N) is 1. The van der Waals surface area contributed by atoms with Gasteiger partial charge in [-0.25, -0.2) is 4.39 Å². The van der Waals surface area contributed by atoms with E-state index in [0.29, 0.717) is 39.4 Å². The van der Waals surface area contributed by atoms with Crippen LogP contribution in [0.4, 0.5) is 10.1 Å². The van der Waals surface area contributed by atoms with E-state index in [1.165, 1.54) is 12.1 Å². The third-order valence-electron chi connectivity index (χ3n) is 4.30. The van der Waals surface area contributed by atoms with Gasteiger partial charge in [-0.15, -0.1) is 0 Å². The highest BCUT2D eigenvalue weighted by Gasteiger charge is 2.13. The van der Waals surface area contributed by atoms with E-state index in [1.807, 2.05) is 24.3 Å². The minimum atomic E-state index is -0.390. The number of halogens is 3. The fourth-order valence-corrected chi connectivity index (χ4v) is 3.27. The molecule has 0 aliphatic rings. The van der Waals surface area contributed by atoms with Crippen LogP contribution in [0.2, 0.25) is 10.0 Å². The van der Waals surface area contributed by atoms with Gasteiger partial charge in [0.15, 0.2) is 11.5 Å². The van der Waals surface area contributed by atoms with E-state index in [1.54, 1.807) is 32.4 Å². The summed E-state index contributed by atoms with van der Waals surface area (Å²) in [6.07, 6.45) is 0. The summed E-state index contributed by atoms with van der Waals surface area (Å²) in [5.74, 6) is 1.40. The summed E-state index contributed by atoms with van der Waals surface area (Å²) in [7, 11) is 3.15. The van der Waals surface area contributed by atoms with Gasteiger partial charge in [0, 0.05) is 23.4 Å². The van der Waals surface area contributed by atoms with Crippen molar-refractivity contribution in [2.24, 2.45) is 0 Å². The van der Waals surface area contributed by atoms with Crippen molar-refractivity contribution < 1.29 is 18.6 Å². The molecule has 0 heterocycles. The summed E-state index contributed by atoms with van der Waals surface area (Å²) < 4.78 is 29.9. The molecule has 7 heteroatoms. The average Bonchev–Trinajstić information content (AvgIpc) is 2.72. The lowest BCUT2D eigenvalue weighted by Gasteiger charge is -2.17. The molecule has 0 saturated carbocycles. The summed E-state index contributed by atoms with van der Waals surface area (Å²) in [5, 5.41) is 4.14. The summed E-state index contributed by atoms with van der Waals surface area (Å²) in [6.45, 7) is 0.660. The number of ether oxygens (including phenoxy) is 3. The Morgan fingerprint density at radius 3 is 2.34 bits per heavy atom. The highest BCUT2D eigenvalue weighted by atomic mass is 35.5. The molecule has 0 saturated heterocycles. The van der Waals surface area contributed by atoms with Crippen molar-refractivity contribution in [1.29, 1.82) is 0 Å². The molecule has 0 radical (unpaired) electrons. The van der Waals surface area contributed by atoms with Crippen molar-refractivity contribution in [1.82, 2.24) is 0 Å². The van der Waals surface area contributed by atoms with Gasteiger partial charge in [0.05, 0.1) is 24.3 Å². The van der Waals surface area contributed by atoms with Crippen LogP contribution >= 0.6 is 23.2 Å². The highest BCUT2D eigenvalue weighted by molar-refractivity contribution is 6.32. The Bertz CT molecular complexity index is 998. The maximum Gasteiger partial charge on any atom is 0.166 e. The van der Waals surface area contributed by atoms with Gasteiger partial charge in [-0.3, -0.25) is 0 Å². The first-order valence-electron chi connectivity index (χ1n) is 8.82. The molecular formula is C22H20Cl2FNO3. The number of para-hydroxylation sites is 1. The molecule has 0 bridgehead atoms. The van der Waals surface area contributed by atoms with Gasteiger partial charge in [0.1, 0.15) is 18.2 Å². The van der Waals surface area contributed by atoms with Gasteiger partial charge in [0.25, 0.3) is 0 Å². The molecule has 0 amide bonds. The molecule has 0 unspecified atom stereocenters. The SMILES string of the molecule is COc1ccc(NCc2cccc(OC)c2OCc2ccc(F)cc2Cl)cc1Cl. The van der Waals surface area contributed by atoms with Crippen LogP contribution in [0.25, 0.3) is 0 Å². The second kappa shape index (κ2) is 9.72. The number of methoxy groups -OCH3 is 2.